The first-order chi connectivity index (χ1) is 25.6. The second-order valence-electron chi connectivity index (χ2n) is 11.7. The van der Waals surface area contributed by atoms with Gasteiger partial charge in [0.1, 0.15) is 35.7 Å². The summed E-state index contributed by atoms with van der Waals surface area (Å²) in [6.45, 7) is 8.35. The molecule has 4 N–H and O–H groups in total. The van der Waals surface area contributed by atoms with Crippen LogP contribution in [-0.4, -0.2) is 88.3 Å². The molecule has 4 rings (SSSR count). The maximum atomic E-state index is 13.0. The van der Waals surface area contributed by atoms with Gasteiger partial charge in [0.15, 0.2) is 6.10 Å². The Hall–Kier alpha value is -4.44. The van der Waals surface area contributed by atoms with Gasteiger partial charge in [0.25, 0.3) is 5.91 Å². The largest absolute Gasteiger partial charge is 0.494 e. The first-order valence-electron chi connectivity index (χ1n) is 17.8. The Morgan fingerprint density at radius 3 is 2.43 bits per heavy atom. The van der Waals surface area contributed by atoms with Crippen LogP contribution in [0.2, 0.25) is 0 Å². The number of aryl methyl sites for hydroxylation is 1. The molecule has 2 amide bonds. The van der Waals surface area contributed by atoms with E-state index in [-0.39, 0.29) is 44.8 Å². The molecule has 0 radical (unpaired) electrons. The SMILES string of the molecule is CC.Cc1cc(CCN)ccc1Oc1ccc(OCCCNC(=O)COCCOCCNC(=O)C2OCCCC2Oc2cccc(C(F)(F)F)n2)cc1. The summed E-state index contributed by atoms with van der Waals surface area (Å²) in [4.78, 5) is 28.2. The molecule has 2 aromatic carbocycles. The third-order valence-electron chi connectivity index (χ3n) is 7.60. The molecule has 1 aliphatic rings. The summed E-state index contributed by atoms with van der Waals surface area (Å²) < 4.78 is 72.7. The predicted octanol–water partition coefficient (Wildman–Crippen LogP) is 5.39. The van der Waals surface area contributed by atoms with Crippen LogP contribution in [0, 0.1) is 6.92 Å². The highest BCUT2D eigenvalue weighted by molar-refractivity contribution is 5.81. The fraction of sp³-hybridized carbons (Fsp3) is 0.500. The van der Waals surface area contributed by atoms with E-state index in [9.17, 15) is 22.8 Å². The maximum Gasteiger partial charge on any atom is 0.433 e. The van der Waals surface area contributed by atoms with Crippen molar-refractivity contribution in [3.63, 3.8) is 0 Å². The summed E-state index contributed by atoms with van der Waals surface area (Å²) in [5.41, 5.74) is 6.77. The van der Waals surface area contributed by atoms with Gasteiger partial charge < -0.3 is 44.8 Å². The van der Waals surface area contributed by atoms with Crippen LogP contribution < -0.4 is 30.6 Å². The molecule has 53 heavy (non-hydrogen) atoms. The number of amides is 2. The molecule has 2 heterocycles. The molecule has 1 aliphatic heterocycles. The molecule has 2 atom stereocenters. The van der Waals surface area contributed by atoms with Crippen LogP contribution in [0.4, 0.5) is 13.2 Å². The number of pyridine rings is 1. The summed E-state index contributed by atoms with van der Waals surface area (Å²) >= 11 is 0. The van der Waals surface area contributed by atoms with Crippen molar-refractivity contribution in [1.82, 2.24) is 15.6 Å². The van der Waals surface area contributed by atoms with Gasteiger partial charge in [-0.25, -0.2) is 4.98 Å². The summed E-state index contributed by atoms with van der Waals surface area (Å²) in [5.74, 6) is 1.22. The summed E-state index contributed by atoms with van der Waals surface area (Å²) in [6, 6.07) is 16.7. The summed E-state index contributed by atoms with van der Waals surface area (Å²) in [6.07, 6.45) is -3.97. The van der Waals surface area contributed by atoms with E-state index >= 15 is 0 Å². The monoisotopic (exact) mass is 748 g/mol. The average molecular weight is 749 g/mol. The minimum atomic E-state index is -4.61. The quantitative estimate of drug-likeness (QED) is 0.128. The van der Waals surface area contributed by atoms with E-state index in [4.69, 9.17) is 34.2 Å². The standard InChI is InChI=1S/C36H45F3N4O8.C2H6/c1-25-23-26(14-15-40)8-13-29(25)50-28-11-9-27(10-12-28)48-19-4-16-41-32(44)24-47-22-21-46-20-17-42-35(45)34-30(5-3-18-49-34)51-33-7-2-6-31(43-33)36(37,38)39;1-2/h2,6-13,23,30,34H,3-5,14-22,24,40H2,1H3,(H,41,44)(H,42,45);1-2H3. The minimum absolute atomic E-state index is 0.126. The van der Waals surface area contributed by atoms with E-state index in [2.05, 4.69) is 21.7 Å². The van der Waals surface area contributed by atoms with Crippen LogP contribution in [0.15, 0.2) is 60.7 Å². The summed E-state index contributed by atoms with van der Waals surface area (Å²) in [7, 11) is 0. The Morgan fingerprint density at radius 2 is 1.70 bits per heavy atom. The summed E-state index contributed by atoms with van der Waals surface area (Å²) in [5, 5.41) is 5.45. The van der Waals surface area contributed by atoms with Crippen LogP contribution in [-0.2, 0) is 36.4 Å². The van der Waals surface area contributed by atoms with Crippen LogP contribution in [0.5, 0.6) is 23.1 Å². The fourth-order valence-electron chi connectivity index (χ4n) is 5.06. The smallest absolute Gasteiger partial charge is 0.433 e. The van der Waals surface area contributed by atoms with Gasteiger partial charge >= 0.3 is 6.18 Å². The molecule has 15 heteroatoms. The molecular formula is C38H51F3N4O8. The van der Waals surface area contributed by atoms with Gasteiger partial charge in [0.2, 0.25) is 11.8 Å². The number of benzene rings is 2. The number of carbonyl (C=O) groups is 2. The number of nitrogens with one attached hydrogen (secondary N) is 2. The van der Waals surface area contributed by atoms with Crippen LogP contribution >= 0.6 is 0 Å². The van der Waals surface area contributed by atoms with Crippen molar-refractivity contribution in [3.05, 3.63) is 77.5 Å². The lowest BCUT2D eigenvalue weighted by molar-refractivity contribution is -0.146. The van der Waals surface area contributed by atoms with Crippen LogP contribution in [0.25, 0.3) is 0 Å². The van der Waals surface area contributed by atoms with Crippen molar-refractivity contribution in [2.45, 2.75) is 64.8 Å². The van der Waals surface area contributed by atoms with E-state index in [1.807, 2.05) is 57.2 Å². The first kappa shape index (κ1) is 43.0. The van der Waals surface area contributed by atoms with Crippen LogP contribution in [0.1, 0.15) is 49.9 Å². The highest BCUT2D eigenvalue weighted by atomic mass is 19.4. The van der Waals surface area contributed by atoms with Gasteiger partial charge in [-0.15, -0.1) is 0 Å². The average Bonchev–Trinajstić information content (AvgIpc) is 3.15. The molecule has 292 valence electrons. The fourth-order valence-corrected chi connectivity index (χ4v) is 5.06. The zero-order valence-corrected chi connectivity index (χ0v) is 30.5. The molecule has 12 nitrogen and oxygen atoms in total. The van der Waals surface area contributed by atoms with Gasteiger partial charge in [-0.1, -0.05) is 32.0 Å². The van der Waals surface area contributed by atoms with Gasteiger partial charge in [-0.3, -0.25) is 9.59 Å². The van der Waals surface area contributed by atoms with Crippen molar-refractivity contribution in [1.29, 1.82) is 0 Å². The molecule has 2 unspecified atom stereocenters. The number of hydrogen-bond donors (Lipinski definition) is 3. The molecule has 0 aliphatic carbocycles. The normalized spacial score (nSPS) is 15.5. The second kappa shape index (κ2) is 23.3. The molecule has 0 bridgehead atoms. The number of nitrogens with zero attached hydrogens (tertiary/aromatic N) is 1. The minimum Gasteiger partial charge on any atom is -0.494 e. The van der Waals surface area contributed by atoms with Gasteiger partial charge in [-0.05, 0) is 86.7 Å². The van der Waals surface area contributed by atoms with E-state index in [1.54, 1.807) is 0 Å². The molecule has 0 spiro atoms. The van der Waals surface area contributed by atoms with E-state index in [0.29, 0.717) is 57.1 Å². The Labute approximate surface area is 308 Å². The van der Waals surface area contributed by atoms with Crippen LogP contribution in [0.3, 0.4) is 0 Å². The van der Waals surface area contributed by atoms with Crippen molar-refractivity contribution >= 4 is 11.8 Å². The van der Waals surface area contributed by atoms with Gasteiger partial charge in [0.05, 0.1) is 26.4 Å². The zero-order valence-electron chi connectivity index (χ0n) is 30.5. The highest BCUT2D eigenvalue weighted by Gasteiger charge is 2.36. The van der Waals surface area contributed by atoms with E-state index in [1.165, 1.54) is 17.7 Å². The number of halogens is 3. The van der Waals surface area contributed by atoms with Crippen molar-refractivity contribution < 1.29 is 51.2 Å². The lowest BCUT2D eigenvalue weighted by Crippen LogP contribution is -2.49. The Bertz CT molecular complexity index is 1530. The number of aromatic nitrogens is 1. The van der Waals surface area contributed by atoms with Crippen molar-refractivity contribution in [2.75, 3.05) is 59.3 Å². The highest BCUT2D eigenvalue weighted by Crippen LogP contribution is 2.30. The molecular weight excluding hydrogens is 697 g/mol. The zero-order chi connectivity index (χ0) is 38.5. The molecule has 1 saturated heterocycles. The number of nitrogens with two attached hydrogens (primary N) is 1. The molecule has 3 aromatic rings. The topological polar surface area (TPSA) is 152 Å². The third kappa shape index (κ3) is 15.6. The number of hydrogen-bond acceptors (Lipinski definition) is 10. The number of rotatable bonds is 20. The molecule has 0 saturated carbocycles. The molecule has 1 fully saturated rings. The van der Waals surface area contributed by atoms with E-state index < -0.39 is 30.0 Å². The Kier molecular flexibility index (Phi) is 18.9. The maximum absolute atomic E-state index is 13.0. The van der Waals surface area contributed by atoms with Gasteiger partial charge in [0, 0.05) is 25.8 Å². The number of alkyl halides is 3. The predicted molar refractivity (Wildman–Crippen MR) is 192 cm³/mol. The van der Waals surface area contributed by atoms with Gasteiger partial charge in [-0.2, -0.15) is 13.2 Å². The lowest BCUT2D eigenvalue weighted by atomic mass is 10.0. The number of ether oxygens (including phenoxy) is 6. The first-order valence-corrected chi connectivity index (χ1v) is 17.8. The number of carbonyl (C=O) groups excluding carboxylic acids is 2. The second-order valence-corrected chi connectivity index (χ2v) is 11.7. The van der Waals surface area contributed by atoms with E-state index in [0.717, 1.165) is 23.8 Å². The molecule has 1 aromatic heterocycles. The van der Waals surface area contributed by atoms with Crippen molar-refractivity contribution in [3.8, 4) is 23.1 Å². The third-order valence-corrected chi connectivity index (χ3v) is 7.60. The Balaban J connectivity index is 0.00000372. The van der Waals surface area contributed by atoms with Crippen molar-refractivity contribution in [2.24, 2.45) is 5.73 Å². The Morgan fingerprint density at radius 1 is 0.943 bits per heavy atom. The lowest BCUT2D eigenvalue weighted by Gasteiger charge is -2.30.